The Labute approximate surface area is 110 Å². The van der Waals surface area contributed by atoms with E-state index in [1.807, 2.05) is 0 Å². The molecule has 0 aliphatic carbocycles. The molecule has 96 valence electrons. The lowest BCUT2D eigenvalue weighted by Gasteiger charge is -2.05. The third-order valence-electron chi connectivity index (χ3n) is 2.10. The van der Waals surface area contributed by atoms with E-state index in [1.54, 1.807) is 5.51 Å². The summed E-state index contributed by atoms with van der Waals surface area (Å²) in [7, 11) is 0. The first kappa shape index (κ1) is 13.0. The van der Waals surface area contributed by atoms with Crippen LogP contribution in [-0.2, 0) is 10.5 Å². The van der Waals surface area contributed by atoms with Gasteiger partial charge in [-0.2, -0.15) is 21.4 Å². The maximum Gasteiger partial charge on any atom is 0.321 e. The summed E-state index contributed by atoms with van der Waals surface area (Å²) in [4.78, 5) is 26.9. The monoisotopic (exact) mass is 286 g/mol. The van der Waals surface area contributed by atoms with Gasteiger partial charge < -0.3 is 10.8 Å². The van der Waals surface area contributed by atoms with Crippen molar-refractivity contribution in [3.05, 3.63) is 27.6 Å². The van der Waals surface area contributed by atoms with E-state index in [1.165, 1.54) is 33.7 Å². The Morgan fingerprint density at radius 3 is 3.17 bits per heavy atom. The van der Waals surface area contributed by atoms with Gasteiger partial charge in [-0.25, -0.2) is 4.98 Å². The molecule has 18 heavy (non-hydrogen) atoms. The van der Waals surface area contributed by atoms with Crippen molar-refractivity contribution >= 4 is 34.0 Å². The predicted molar refractivity (Wildman–Crippen MR) is 68.9 cm³/mol. The van der Waals surface area contributed by atoms with Crippen LogP contribution in [0, 0.1) is 0 Å². The van der Waals surface area contributed by atoms with Gasteiger partial charge in [-0.1, -0.05) is 11.3 Å². The Morgan fingerprint density at radius 1 is 1.67 bits per heavy atom. The molecule has 0 aliphatic heterocycles. The smallest absolute Gasteiger partial charge is 0.321 e. The summed E-state index contributed by atoms with van der Waals surface area (Å²) < 4.78 is 1.22. The molecule has 3 N–H and O–H groups in total. The molecule has 0 aliphatic rings. The van der Waals surface area contributed by atoms with E-state index >= 15 is 0 Å². The summed E-state index contributed by atoms with van der Waals surface area (Å²) in [6.07, 6.45) is 0. The summed E-state index contributed by atoms with van der Waals surface area (Å²) in [5.41, 5.74) is 7.28. The molecule has 0 spiro atoms. The first-order chi connectivity index (χ1) is 8.58. The van der Waals surface area contributed by atoms with Gasteiger partial charge in [-0.05, 0) is 0 Å². The van der Waals surface area contributed by atoms with E-state index in [0.717, 1.165) is 0 Å². The Hall–Kier alpha value is -1.45. The predicted octanol–water partition coefficient (Wildman–Crippen LogP) is -0.204. The Balaban J connectivity index is 2.04. The number of carboxylic acids is 1. The third kappa shape index (κ3) is 2.86. The molecule has 2 aromatic heterocycles. The number of hydrogen-bond donors (Lipinski definition) is 2. The molecule has 2 rings (SSSR count). The number of nitrogens with zero attached hydrogens (tertiary/aromatic N) is 3. The molecule has 0 unspecified atom stereocenters. The maximum absolute atomic E-state index is 11.6. The van der Waals surface area contributed by atoms with Crippen LogP contribution in [0.1, 0.15) is 5.69 Å². The topological polar surface area (TPSA) is 111 Å². The molecule has 2 heterocycles. The molecule has 0 aromatic carbocycles. The lowest BCUT2D eigenvalue weighted by Crippen LogP contribution is -2.32. The number of carboxylic acid groups (broad SMARTS) is 1. The molecule has 0 saturated heterocycles. The Bertz CT molecular complexity index is 624. The van der Waals surface area contributed by atoms with Crippen molar-refractivity contribution in [1.82, 2.24) is 14.6 Å². The fourth-order valence-corrected chi connectivity index (χ4v) is 2.75. The highest BCUT2D eigenvalue weighted by Crippen LogP contribution is 2.11. The Kier molecular flexibility index (Phi) is 3.94. The number of aromatic nitrogens is 3. The van der Waals surface area contributed by atoms with Crippen LogP contribution in [0.3, 0.4) is 0 Å². The van der Waals surface area contributed by atoms with Crippen LogP contribution in [0.5, 0.6) is 0 Å². The second-order valence-corrected chi connectivity index (χ2v) is 5.32. The van der Waals surface area contributed by atoms with Crippen molar-refractivity contribution in [2.24, 2.45) is 5.73 Å². The van der Waals surface area contributed by atoms with Crippen LogP contribution < -0.4 is 11.3 Å². The van der Waals surface area contributed by atoms with Crippen molar-refractivity contribution in [1.29, 1.82) is 0 Å². The molecular weight excluding hydrogens is 276 g/mol. The van der Waals surface area contributed by atoms with E-state index in [4.69, 9.17) is 10.8 Å². The molecule has 0 radical (unpaired) electrons. The average Bonchev–Trinajstić information content (AvgIpc) is 2.77. The van der Waals surface area contributed by atoms with Gasteiger partial charge in [-0.3, -0.25) is 9.59 Å². The zero-order chi connectivity index (χ0) is 13.1. The van der Waals surface area contributed by atoms with Crippen LogP contribution in [0.2, 0.25) is 0 Å². The standard InChI is InChI=1S/C9H10N4O3S2/c10-6(8(15)16)3-17-2-5-1-7(14)13-9(12-5)18-4-11-13/h1,4,6H,2-3,10H2,(H,15,16)/t6-/m1/s1. The van der Waals surface area contributed by atoms with Crippen molar-refractivity contribution in [2.75, 3.05) is 5.75 Å². The summed E-state index contributed by atoms with van der Waals surface area (Å²) in [6, 6.07) is 0.495. The van der Waals surface area contributed by atoms with Crippen LogP contribution in [0.4, 0.5) is 0 Å². The highest BCUT2D eigenvalue weighted by molar-refractivity contribution is 7.98. The summed E-state index contributed by atoms with van der Waals surface area (Å²) in [6.45, 7) is 0. The first-order valence-electron chi connectivity index (χ1n) is 4.96. The first-order valence-corrected chi connectivity index (χ1v) is 7.00. The molecule has 7 nitrogen and oxygen atoms in total. The number of hydrogen-bond acceptors (Lipinski definition) is 7. The van der Waals surface area contributed by atoms with E-state index in [-0.39, 0.29) is 11.3 Å². The maximum atomic E-state index is 11.6. The van der Waals surface area contributed by atoms with Gasteiger partial charge in [0.05, 0.1) is 5.69 Å². The zero-order valence-corrected chi connectivity index (χ0v) is 10.8. The van der Waals surface area contributed by atoms with Crippen molar-refractivity contribution < 1.29 is 9.90 Å². The quantitative estimate of drug-likeness (QED) is 0.782. The molecule has 0 fully saturated rings. The summed E-state index contributed by atoms with van der Waals surface area (Å²) in [5.74, 6) is -0.308. The number of nitrogens with two attached hydrogens (primary N) is 1. The van der Waals surface area contributed by atoms with Gasteiger partial charge in [0.25, 0.3) is 5.56 Å². The third-order valence-corrected chi connectivity index (χ3v) is 3.87. The molecule has 9 heteroatoms. The fraction of sp³-hybridized carbons (Fsp3) is 0.333. The minimum absolute atomic E-state index is 0.237. The number of fused-ring (bicyclic) bond motifs is 1. The van der Waals surface area contributed by atoms with E-state index in [2.05, 4.69) is 10.1 Å². The minimum atomic E-state index is -1.03. The lowest BCUT2D eigenvalue weighted by atomic mass is 10.4. The molecular formula is C9H10N4O3S2. The van der Waals surface area contributed by atoms with Crippen molar-refractivity contribution in [3.63, 3.8) is 0 Å². The second kappa shape index (κ2) is 5.46. The fourth-order valence-electron chi connectivity index (χ4n) is 1.24. The van der Waals surface area contributed by atoms with Gasteiger partial charge in [0.2, 0.25) is 4.96 Å². The van der Waals surface area contributed by atoms with Gasteiger partial charge in [0.15, 0.2) is 0 Å². The van der Waals surface area contributed by atoms with Crippen molar-refractivity contribution in [3.8, 4) is 0 Å². The Morgan fingerprint density at radius 2 is 2.44 bits per heavy atom. The van der Waals surface area contributed by atoms with Crippen LogP contribution in [0.15, 0.2) is 16.4 Å². The second-order valence-electron chi connectivity index (χ2n) is 3.48. The van der Waals surface area contributed by atoms with Gasteiger partial charge in [0, 0.05) is 17.6 Å². The van der Waals surface area contributed by atoms with Gasteiger partial charge in [0.1, 0.15) is 11.6 Å². The normalized spacial score (nSPS) is 12.7. The molecule has 1 atom stereocenters. The lowest BCUT2D eigenvalue weighted by molar-refractivity contribution is -0.137. The SMILES string of the molecule is N[C@H](CSCc1cc(=O)n2ncsc2n1)C(=O)O. The molecule has 2 aromatic rings. The van der Waals surface area contributed by atoms with E-state index in [0.29, 0.717) is 16.4 Å². The number of aliphatic carboxylic acids is 1. The highest BCUT2D eigenvalue weighted by atomic mass is 32.2. The summed E-state index contributed by atoms with van der Waals surface area (Å²) in [5, 5.41) is 12.5. The van der Waals surface area contributed by atoms with Crippen molar-refractivity contribution in [2.45, 2.75) is 11.8 Å². The highest BCUT2D eigenvalue weighted by Gasteiger charge is 2.11. The largest absolute Gasteiger partial charge is 0.480 e. The van der Waals surface area contributed by atoms with Crippen LogP contribution in [-0.4, -0.2) is 37.5 Å². The molecule has 0 amide bonds. The number of thioether (sulfide) groups is 1. The summed E-state index contributed by atoms with van der Waals surface area (Å²) >= 11 is 2.60. The zero-order valence-electron chi connectivity index (χ0n) is 9.15. The van der Waals surface area contributed by atoms with Gasteiger partial charge in [-0.15, -0.1) is 0 Å². The molecule has 0 bridgehead atoms. The van der Waals surface area contributed by atoms with Crippen LogP contribution in [0.25, 0.3) is 4.96 Å². The van der Waals surface area contributed by atoms with E-state index < -0.39 is 12.0 Å². The van der Waals surface area contributed by atoms with Gasteiger partial charge >= 0.3 is 5.97 Å². The average molecular weight is 286 g/mol. The molecule has 0 saturated carbocycles. The number of rotatable bonds is 5. The van der Waals surface area contributed by atoms with E-state index in [9.17, 15) is 9.59 Å². The number of carbonyl (C=O) groups is 1. The van der Waals surface area contributed by atoms with Crippen LogP contribution >= 0.6 is 23.1 Å². The minimum Gasteiger partial charge on any atom is -0.480 e.